The second kappa shape index (κ2) is 7.79. The van der Waals surface area contributed by atoms with E-state index in [1.54, 1.807) is 18.2 Å². The Balaban J connectivity index is 2.32. The minimum Gasteiger partial charge on any atom is -0.337 e. The van der Waals surface area contributed by atoms with Crippen LogP contribution in [0.25, 0.3) is 0 Å². The molecule has 0 spiro atoms. The fourth-order valence-corrected chi connectivity index (χ4v) is 2.46. The number of carbonyl (C=O) groups excluding carboxylic acids is 1. The summed E-state index contributed by atoms with van der Waals surface area (Å²) in [5, 5.41) is 14.2. The lowest BCUT2D eigenvalue weighted by Crippen LogP contribution is -2.38. The van der Waals surface area contributed by atoms with E-state index in [4.69, 9.17) is 5.26 Å². The number of urea groups is 1. The molecule has 0 saturated heterocycles. The first-order valence-corrected chi connectivity index (χ1v) is 8.04. The Morgan fingerprint density at radius 1 is 1.33 bits per heavy atom. The van der Waals surface area contributed by atoms with Gasteiger partial charge in [0.15, 0.2) is 0 Å². The standard InChI is InChI=1S/C15H21N3O2S/c1-15(2,3)21(20)8-7-17-14(19)18-11-13-6-4-5-12(9-13)10-16/h4-6,9H,7-8,11H2,1-3H3,(H2,17,18,19). The number of nitrogens with zero attached hydrogens (tertiary/aromatic N) is 1. The molecule has 2 amide bonds. The van der Waals surface area contributed by atoms with Gasteiger partial charge in [0.2, 0.25) is 0 Å². The molecule has 114 valence electrons. The van der Waals surface area contributed by atoms with Gasteiger partial charge in [-0.2, -0.15) is 5.26 Å². The zero-order valence-electron chi connectivity index (χ0n) is 12.6. The Labute approximate surface area is 128 Å². The minimum atomic E-state index is -0.977. The molecule has 1 rings (SSSR count). The molecule has 0 aliphatic rings. The highest BCUT2D eigenvalue weighted by Crippen LogP contribution is 2.10. The van der Waals surface area contributed by atoms with Gasteiger partial charge in [-0.15, -0.1) is 0 Å². The molecule has 0 aliphatic carbocycles. The number of amides is 2. The molecule has 0 heterocycles. The van der Waals surface area contributed by atoms with Crippen molar-refractivity contribution >= 4 is 16.8 Å². The third kappa shape index (κ3) is 6.41. The predicted octanol–water partition coefficient (Wildman–Crippen LogP) is 1.90. The van der Waals surface area contributed by atoms with E-state index in [-0.39, 0.29) is 10.8 Å². The maximum Gasteiger partial charge on any atom is 0.315 e. The normalized spacial score (nSPS) is 12.3. The molecule has 0 aliphatic heterocycles. The van der Waals surface area contributed by atoms with Crippen LogP contribution in [-0.4, -0.2) is 27.3 Å². The van der Waals surface area contributed by atoms with Gasteiger partial charge in [-0.3, -0.25) is 4.21 Å². The summed E-state index contributed by atoms with van der Waals surface area (Å²) in [7, 11) is -0.977. The van der Waals surface area contributed by atoms with Crippen molar-refractivity contribution in [3.05, 3.63) is 35.4 Å². The second-order valence-corrected chi connectivity index (χ2v) is 7.91. The molecule has 2 N–H and O–H groups in total. The molecule has 0 bridgehead atoms. The van der Waals surface area contributed by atoms with Crippen LogP contribution in [0.1, 0.15) is 31.9 Å². The van der Waals surface area contributed by atoms with Gasteiger partial charge in [-0.25, -0.2) is 4.79 Å². The molecule has 0 saturated carbocycles. The van der Waals surface area contributed by atoms with Gasteiger partial charge < -0.3 is 10.6 Å². The number of nitriles is 1. The highest BCUT2D eigenvalue weighted by Gasteiger charge is 2.18. The van der Waals surface area contributed by atoms with Crippen molar-refractivity contribution in [2.75, 3.05) is 12.3 Å². The molecule has 1 aromatic rings. The van der Waals surface area contributed by atoms with E-state index in [0.29, 0.717) is 24.4 Å². The second-order valence-electron chi connectivity index (χ2n) is 5.58. The third-order valence-corrected chi connectivity index (χ3v) is 4.71. The van der Waals surface area contributed by atoms with Crippen molar-refractivity contribution in [3.63, 3.8) is 0 Å². The van der Waals surface area contributed by atoms with Crippen LogP contribution in [0.2, 0.25) is 0 Å². The van der Waals surface area contributed by atoms with Crippen molar-refractivity contribution in [2.24, 2.45) is 0 Å². The number of rotatable bonds is 5. The molecule has 21 heavy (non-hydrogen) atoms. The summed E-state index contributed by atoms with van der Waals surface area (Å²) in [5.41, 5.74) is 1.43. The number of nitrogens with one attached hydrogen (secondary N) is 2. The van der Waals surface area contributed by atoms with Crippen molar-refractivity contribution in [1.82, 2.24) is 10.6 Å². The van der Waals surface area contributed by atoms with Gasteiger partial charge in [0.05, 0.1) is 11.6 Å². The van der Waals surface area contributed by atoms with E-state index in [9.17, 15) is 9.00 Å². The Hall–Kier alpha value is -1.87. The van der Waals surface area contributed by atoms with Crippen LogP contribution in [0.5, 0.6) is 0 Å². The Kier molecular flexibility index (Phi) is 6.38. The van der Waals surface area contributed by atoms with E-state index in [1.807, 2.05) is 26.8 Å². The highest BCUT2D eigenvalue weighted by molar-refractivity contribution is 7.86. The maximum atomic E-state index is 11.8. The summed E-state index contributed by atoms with van der Waals surface area (Å²) in [5.74, 6) is 0.431. The van der Waals surface area contributed by atoms with Gasteiger partial charge in [0, 0.05) is 34.4 Å². The fourth-order valence-electron chi connectivity index (χ4n) is 1.56. The molecule has 5 nitrogen and oxygen atoms in total. The molecule has 0 fully saturated rings. The van der Waals surface area contributed by atoms with Crippen LogP contribution >= 0.6 is 0 Å². The van der Waals surface area contributed by atoms with Crippen LogP contribution in [-0.2, 0) is 17.3 Å². The van der Waals surface area contributed by atoms with Crippen molar-refractivity contribution in [2.45, 2.75) is 32.1 Å². The molecule has 6 heteroatoms. The molecular formula is C15H21N3O2S. The van der Waals surface area contributed by atoms with Gasteiger partial charge in [0.1, 0.15) is 0 Å². The van der Waals surface area contributed by atoms with Crippen molar-refractivity contribution < 1.29 is 9.00 Å². The number of hydrogen-bond donors (Lipinski definition) is 2. The minimum absolute atomic E-state index is 0.268. The van der Waals surface area contributed by atoms with Gasteiger partial charge in [-0.1, -0.05) is 12.1 Å². The first kappa shape index (κ1) is 17.2. The first-order valence-electron chi connectivity index (χ1n) is 6.72. The van der Waals surface area contributed by atoms with Crippen LogP contribution < -0.4 is 10.6 Å². The van der Waals surface area contributed by atoms with Gasteiger partial charge in [-0.05, 0) is 38.5 Å². The number of benzene rings is 1. The smallest absolute Gasteiger partial charge is 0.315 e. The Bertz CT molecular complexity index is 559. The van der Waals surface area contributed by atoms with Crippen LogP contribution in [0.15, 0.2) is 24.3 Å². The third-order valence-electron chi connectivity index (χ3n) is 2.77. The zero-order chi connectivity index (χ0) is 15.9. The van der Waals surface area contributed by atoms with E-state index in [1.165, 1.54) is 0 Å². The average Bonchev–Trinajstić information content (AvgIpc) is 2.44. The highest BCUT2D eigenvalue weighted by atomic mass is 32.2. The van der Waals surface area contributed by atoms with E-state index in [0.717, 1.165) is 5.56 Å². The first-order chi connectivity index (χ1) is 9.82. The summed E-state index contributed by atoms with van der Waals surface area (Å²) in [6.45, 7) is 6.44. The monoisotopic (exact) mass is 307 g/mol. The molecule has 0 radical (unpaired) electrons. The summed E-state index contributed by atoms with van der Waals surface area (Å²) >= 11 is 0. The van der Waals surface area contributed by atoms with Crippen LogP contribution in [0.4, 0.5) is 4.79 Å². The lowest BCUT2D eigenvalue weighted by Gasteiger charge is -2.17. The Morgan fingerprint density at radius 3 is 2.67 bits per heavy atom. The topological polar surface area (TPSA) is 82.0 Å². The average molecular weight is 307 g/mol. The summed E-state index contributed by atoms with van der Waals surface area (Å²) in [6.07, 6.45) is 0. The van der Waals surface area contributed by atoms with Crippen LogP contribution in [0.3, 0.4) is 0 Å². The molecule has 0 aromatic heterocycles. The number of hydrogen-bond acceptors (Lipinski definition) is 3. The largest absolute Gasteiger partial charge is 0.337 e. The maximum absolute atomic E-state index is 11.8. The summed E-state index contributed by atoms with van der Waals surface area (Å²) in [4.78, 5) is 11.6. The lowest BCUT2D eigenvalue weighted by atomic mass is 10.1. The summed E-state index contributed by atoms with van der Waals surface area (Å²) in [6, 6.07) is 8.82. The van der Waals surface area contributed by atoms with E-state index in [2.05, 4.69) is 16.7 Å². The SMILES string of the molecule is CC(C)(C)S(=O)CCNC(=O)NCc1cccc(C#N)c1. The van der Waals surface area contributed by atoms with Crippen LogP contribution in [0, 0.1) is 11.3 Å². The van der Waals surface area contributed by atoms with E-state index >= 15 is 0 Å². The number of carbonyl (C=O) groups is 1. The summed E-state index contributed by atoms with van der Waals surface area (Å²) < 4.78 is 11.5. The van der Waals surface area contributed by atoms with E-state index < -0.39 is 10.8 Å². The van der Waals surface area contributed by atoms with Crippen molar-refractivity contribution in [3.8, 4) is 6.07 Å². The van der Waals surface area contributed by atoms with Gasteiger partial charge >= 0.3 is 6.03 Å². The predicted molar refractivity (Wildman–Crippen MR) is 84.2 cm³/mol. The zero-order valence-corrected chi connectivity index (χ0v) is 13.4. The quantitative estimate of drug-likeness (QED) is 0.871. The fraction of sp³-hybridized carbons (Fsp3) is 0.467. The van der Waals surface area contributed by atoms with Crippen molar-refractivity contribution in [1.29, 1.82) is 5.26 Å². The molecular weight excluding hydrogens is 286 g/mol. The molecule has 1 atom stereocenters. The molecule has 1 aromatic carbocycles. The molecule has 1 unspecified atom stereocenters. The Morgan fingerprint density at radius 2 is 2.05 bits per heavy atom. The lowest BCUT2D eigenvalue weighted by molar-refractivity contribution is 0.241. The van der Waals surface area contributed by atoms with Gasteiger partial charge in [0.25, 0.3) is 0 Å².